The molecule has 0 bridgehead atoms. The fourth-order valence-corrected chi connectivity index (χ4v) is 6.54. The molecule has 1 atom stereocenters. The molecule has 9 heteroatoms. The minimum absolute atomic E-state index is 0.0382. The second-order valence-electron chi connectivity index (χ2n) is 9.47. The molecular formula is C26H29FN4O3S. The fourth-order valence-electron chi connectivity index (χ4n) is 4.84. The van der Waals surface area contributed by atoms with Crippen molar-refractivity contribution < 1.29 is 17.6 Å². The van der Waals surface area contributed by atoms with E-state index in [1.165, 1.54) is 17.7 Å². The molecule has 0 radical (unpaired) electrons. The highest BCUT2D eigenvalue weighted by Crippen LogP contribution is 2.31. The maximum absolute atomic E-state index is 13.4. The van der Waals surface area contributed by atoms with Crippen molar-refractivity contribution in [2.24, 2.45) is 0 Å². The number of halogens is 1. The molecule has 184 valence electrons. The van der Waals surface area contributed by atoms with Gasteiger partial charge in [0.15, 0.2) is 15.5 Å². The number of carbonyl (C=O) groups excluding carboxylic acids is 1. The molecule has 2 fully saturated rings. The van der Waals surface area contributed by atoms with E-state index < -0.39 is 9.84 Å². The summed E-state index contributed by atoms with van der Waals surface area (Å²) < 4.78 is 39.3. The number of benzene rings is 2. The number of anilines is 1. The number of carbonyl (C=O) groups is 1. The van der Waals surface area contributed by atoms with E-state index in [9.17, 15) is 17.6 Å². The lowest BCUT2D eigenvalue weighted by Gasteiger charge is -2.35. The second kappa shape index (κ2) is 9.11. The maximum atomic E-state index is 13.4. The van der Waals surface area contributed by atoms with Crippen LogP contribution < -0.4 is 4.90 Å². The first-order chi connectivity index (χ1) is 16.7. The van der Waals surface area contributed by atoms with Gasteiger partial charge in [0.25, 0.3) is 5.91 Å². The van der Waals surface area contributed by atoms with Crippen molar-refractivity contribution in [1.82, 2.24) is 14.7 Å². The van der Waals surface area contributed by atoms with Crippen molar-refractivity contribution in [3.8, 4) is 11.3 Å². The zero-order valence-electron chi connectivity index (χ0n) is 19.9. The van der Waals surface area contributed by atoms with Crippen molar-refractivity contribution in [2.45, 2.75) is 26.3 Å². The van der Waals surface area contributed by atoms with Crippen molar-refractivity contribution in [2.75, 3.05) is 42.6 Å². The van der Waals surface area contributed by atoms with Crippen LogP contribution in [0.2, 0.25) is 0 Å². The average Bonchev–Trinajstić information content (AvgIpc) is 3.44. The number of hydrogen-bond donors (Lipinski definition) is 0. The van der Waals surface area contributed by atoms with Crippen LogP contribution in [0, 0.1) is 19.7 Å². The molecule has 3 heterocycles. The van der Waals surface area contributed by atoms with Crippen molar-refractivity contribution in [1.29, 1.82) is 0 Å². The Bertz CT molecular complexity index is 1360. The van der Waals surface area contributed by atoms with Crippen LogP contribution in [0.5, 0.6) is 0 Å². The Morgan fingerprint density at radius 1 is 0.971 bits per heavy atom. The van der Waals surface area contributed by atoms with Gasteiger partial charge in [-0.15, -0.1) is 0 Å². The summed E-state index contributed by atoms with van der Waals surface area (Å²) >= 11 is 0. The Labute approximate surface area is 205 Å². The molecule has 3 aromatic rings. The number of amides is 1. The third-order valence-corrected chi connectivity index (χ3v) is 8.82. The standard InChI is InChI=1S/C26H29FN4O3S/c1-18-3-4-20(15-19(18)2)25-16-24(28-31(25)23-9-14-35(33,34)17-23)26(32)30-12-10-29(11-13-30)22-7-5-21(27)6-8-22/h3-8,15-16,23H,9-14,17H2,1-2H3/t23-/m1/s1. The van der Waals surface area contributed by atoms with Crippen molar-refractivity contribution in [3.05, 3.63) is 71.2 Å². The molecule has 1 amide bonds. The lowest BCUT2D eigenvalue weighted by Crippen LogP contribution is -2.48. The molecule has 2 aliphatic rings. The normalized spacial score (nSPS) is 19.8. The van der Waals surface area contributed by atoms with Crippen LogP contribution in [0.4, 0.5) is 10.1 Å². The smallest absolute Gasteiger partial charge is 0.274 e. The molecule has 0 spiro atoms. The Hall–Kier alpha value is -3.20. The van der Waals surface area contributed by atoms with Gasteiger partial charge in [-0.2, -0.15) is 5.10 Å². The molecule has 5 rings (SSSR count). The first-order valence-corrected chi connectivity index (χ1v) is 13.7. The molecule has 0 N–H and O–H groups in total. The number of aromatic nitrogens is 2. The van der Waals surface area contributed by atoms with Gasteiger partial charge in [-0.1, -0.05) is 12.1 Å². The minimum atomic E-state index is -3.11. The molecule has 35 heavy (non-hydrogen) atoms. The van der Waals surface area contributed by atoms with E-state index in [-0.39, 0.29) is 29.3 Å². The number of sulfone groups is 1. The number of aryl methyl sites for hydroxylation is 2. The van der Waals surface area contributed by atoms with Gasteiger partial charge in [0, 0.05) is 37.4 Å². The van der Waals surface area contributed by atoms with Gasteiger partial charge in [0.2, 0.25) is 0 Å². The average molecular weight is 497 g/mol. The highest BCUT2D eigenvalue weighted by Gasteiger charge is 2.33. The molecule has 1 aromatic heterocycles. The van der Waals surface area contributed by atoms with Gasteiger partial charge >= 0.3 is 0 Å². The van der Waals surface area contributed by atoms with E-state index in [4.69, 9.17) is 0 Å². The molecule has 0 saturated carbocycles. The summed E-state index contributed by atoms with van der Waals surface area (Å²) in [4.78, 5) is 17.3. The predicted octanol–water partition coefficient (Wildman–Crippen LogP) is 3.63. The number of hydrogen-bond acceptors (Lipinski definition) is 5. The lowest BCUT2D eigenvalue weighted by atomic mass is 10.0. The van der Waals surface area contributed by atoms with E-state index in [2.05, 4.69) is 16.1 Å². The SMILES string of the molecule is Cc1ccc(-c2cc(C(=O)N3CCN(c4ccc(F)cc4)CC3)nn2[C@@H]2CCS(=O)(=O)C2)cc1C. The Morgan fingerprint density at radius 2 is 1.69 bits per heavy atom. The van der Waals surface area contributed by atoms with E-state index in [1.54, 1.807) is 27.8 Å². The van der Waals surface area contributed by atoms with Gasteiger partial charge < -0.3 is 9.80 Å². The summed E-state index contributed by atoms with van der Waals surface area (Å²) in [5.41, 5.74) is 5.24. The van der Waals surface area contributed by atoms with E-state index >= 15 is 0 Å². The predicted molar refractivity (Wildman–Crippen MR) is 134 cm³/mol. The number of nitrogens with zero attached hydrogens (tertiary/aromatic N) is 4. The van der Waals surface area contributed by atoms with Crippen LogP contribution in [-0.4, -0.2) is 66.7 Å². The third-order valence-electron chi connectivity index (χ3n) is 7.07. The molecular weight excluding hydrogens is 467 g/mol. The van der Waals surface area contributed by atoms with Gasteiger partial charge in [0.05, 0.1) is 23.2 Å². The van der Waals surface area contributed by atoms with Gasteiger partial charge in [0.1, 0.15) is 5.82 Å². The monoisotopic (exact) mass is 496 g/mol. The van der Waals surface area contributed by atoms with E-state index in [0.717, 1.165) is 22.5 Å². The highest BCUT2D eigenvalue weighted by molar-refractivity contribution is 7.91. The second-order valence-corrected chi connectivity index (χ2v) is 11.7. The van der Waals surface area contributed by atoms with Gasteiger partial charge in [-0.05, 0) is 67.8 Å². The van der Waals surface area contributed by atoms with E-state index in [0.29, 0.717) is 38.3 Å². The zero-order valence-corrected chi connectivity index (χ0v) is 20.8. The third kappa shape index (κ3) is 4.82. The molecule has 2 aliphatic heterocycles. The van der Waals surface area contributed by atoms with Crippen LogP contribution in [0.25, 0.3) is 11.3 Å². The number of rotatable bonds is 4. The van der Waals surface area contributed by atoms with E-state index in [1.807, 2.05) is 26.0 Å². The molecule has 7 nitrogen and oxygen atoms in total. The Balaban J connectivity index is 1.40. The van der Waals surface area contributed by atoms with Crippen LogP contribution in [0.3, 0.4) is 0 Å². The minimum Gasteiger partial charge on any atom is -0.368 e. The van der Waals surface area contributed by atoms with Crippen molar-refractivity contribution >= 4 is 21.4 Å². The molecule has 2 aromatic carbocycles. The summed E-state index contributed by atoms with van der Waals surface area (Å²) in [7, 11) is -3.11. The zero-order chi connectivity index (χ0) is 24.7. The maximum Gasteiger partial charge on any atom is 0.274 e. The molecule has 0 unspecified atom stereocenters. The molecule has 0 aliphatic carbocycles. The fraction of sp³-hybridized carbons (Fsp3) is 0.385. The lowest BCUT2D eigenvalue weighted by molar-refractivity contribution is 0.0739. The summed E-state index contributed by atoms with van der Waals surface area (Å²) in [6.45, 7) is 6.42. The summed E-state index contributed by atoms with van der Waals surface area (Å²) in [5, 5.41) is 4.65. The topological polar surface area (TPSA) is 75.5 Å². The van der Waals surface area contributed by atoms with Crippen LogP contribution in [0.1, 0.15) is 34.1 Å². The van der Waals surface area contributed by atoms with Crippen molar-refractivity contribution in [3.63, 3.8) is 0 Å². The Morgan fingerprint density at radius 3 is 2.31 bits per heavy atom. The first-order valence-electron chi connectivity index (χ1n) is 11.9. The van der Waals surface area contributed by atoms with Gasteiger partial charge in [-0.25, -0.2) is 12.8 Å². The largest absolute Gasteiger partial charge is 0.368 e. The highest BCUT2D eigenvalue weighted by atomic mass is 32.2. The summed E-state index contributed by atoms with van der Waals surface area (Å²) in [6.07, 6.45) is 0.492. The summed E-state index contributed by atoms with van der Waals surface area (Å²) in [6, 6.07) is 14.0. The van der Waals surface area contributed by atoms with Crippen LogP contribution >= 0.6 is 0 Å². The summed E-state index contributed by atoms with van der Waals surface area (Å²) in [5.74, 6) is -0.254. The quantitative estimate of drug-likeness (QED) is 0.552. The molecule has 2 saturated heterocycles. The van der Waals surface area contributed by atoms with Gasteiger partial charge in [-0.3, -0.25) is 9.48 Å². The first kappa shape index (κ1) is 23.5. The van der Waals surface area contributed by atoms with Crippen LogP contribution in [0.15, 0.2) is 48.5 Å². The number of piperazine rings is 1. The van der Waals surface area contributed by atoms with Crippen LogP contribution in [-0.2, 0) is 9.84 Å². The Kier molecular flexibility index (Phi) is 6.13.